The molecule has 0 aliphatic carbocycles. The Balaban J connectivity index is 0.000000186. The number of carbonyl (C=O) groups is 1. The first-order valence-corrected chi connectivity index (χ1v) is 10.2. The third-order valence-corrected chi connectivity index (χ3v) is 4.76. The molecular weight excluding hydrogens is 433 g/mol. The van der Waals surface area contributed by atoms with Crippen LogP contribution in [0.3, 0.4) is 0 Å². The number of H-pyrrole nitrogens is 1. The summed E-state index contributed by atoms with van der Waals surface area (Å²) in [7, 11) is 0. The van der Waals surface area contributed by atoms with Gasteiger partial charge in [-0.1, -0.05) is 48.5 Å². The number of nitrogens with zero attached hydrogens (tertiary/aromatic N) is 2. The van der Waals surface area contributed by atoms with E-state index in [1.165, 1.54) is 6.20 Å². The van der Waals surface area contributed by atoms with Gasteiger partial charge in [0.1, 0.15) is 11.4 Å². The maximum atomic E-state index is 11.9. The fourth-order valence-corrected chi connectivity index (χ4v) is 3.23. The Morgan fingerprint density at radius 1 is 1.09 bits per heavy atom. The quantitative estimate of drug-likeness (QED) is 0.355. The summed E-state index contributed by atoms with van der Waals surface area (Å²) in [6.45, 7) is 1.12. The first-order chi connectivity index (χ1) is 15.7. The summed E-state index contributed by atoms with van der Waals surface area (Å²) in [5.74, 6) is -0.456. The number of aromatic nitrogens is 3. The molecule has 0 aliphatic rings. The van der Waals surface area contributed by atoms with Crippen molar-refractivity contribution >= 4 is 16.9 Å². The normalized spacial score (nSPS) is 11.2. The van der Waals surface area contributed by atoms with E-state index in [0.717, 1.165) is 22.0 Å². The summed E-state index contributed by atoms with van der Waals surface area (Å²) in [5, 5.41) is 12.5. The number of rotatable bonds is 6. The Hall–Kier alpha value is -3.72. The van der Waals surface area contributed by atoms with Gasteiger partial charge >= 0.3 is 12.1 Å². The number of carboxylic acids is 1. The molecule has 0 amide bonds. The van der Waals surface area contributed by atoms with E-state index in [2.05, 4.69) is 20.3 Å². The summed E-state index contributed by atoms with van der Waals surface area (Å²) in [6.07, 6.45) is -0.368. The van der Waals surface area contributed by atoms with Crippen LogP contribution in [0.4, 0.5) is 13.2 Å². The monoisotopic (exact) mass is 456 g/mol. The lowest BCUT2D eigenvalue weighted by molar-refractivity contribution is -0.124. The van der Waals surface area contributed by atoms with Crippen molar-refractivity contribution in [2.45, 2.75) is 19.5 Å². The molecule has 6 nitrogen and oxygen atoms in total. The van der Waals surface area contributed by atoms with E-state index in [9.17, 15) is 18.0 Å². The second-order valence-corrected chi connectivity index (χ2v) is 7.25. The zero-order valence-electron chi connectivity index (χ0n) is 17.9. The van der Waals surface area contributed by atoms with E-state index in [4.69, 9.17) is 5.11 Å². The Morgan fingerprint density at radius 2 is 1.79 bits per heavy atom. The smallest absolute Gasteiger partial charge is 0.401 e. The van der Waals surface area contributed by atoms with Crippen molar-refractivity contribution in [3.8, 4) is 11.3 Å². The Morgan fingerprint density at radius 3 is 2.48 bits per heavy atom. The molecule has 9 heteroatoms. The van der Waals surface area contributed by atoms with Crippen LogP contribution in [0.1, 0.15) is 21.7 Å². The van der Waals surface area contributed by atoms with Crippen LogP contribution in [0.15, 0.2) is 67.0 Å². The molecule has 0 bridgehead atoms. The molecule has 0 spiro atoms. The standard InChI is InChI=1S/C12H13F3N2.C12H10N2O2/c13-12(14,15)8-16-6-5-9-7-17-11-4-2-1-3-10(9)11;1-8-13-7-10(12(15)16)11(14-8)9-5-3-2-4-6-9/h1-4,7,16-17H,5-6,8H2;2-7H,1H3,(H,15,16). The van der Waals surface area contributed by atoms with Crippen LogP contribution in [0, 0.1) is 6.92 Å². The molecule has 0 radical (unpaired) electrons. The zero-order chi connectivity index (χ0) is 23.8. The van der Waals surface area contributed by atoms with Crippen molar-refractivity contribution in [1.29, 1.82) is 0 Å². The van der Waals surface area contributed by atoms with Crippen LogP contribution in [-0.2, 0) is 6.42 Å². The second kappa shape index (κ2) is 10.7. The van der Waals surface area contributed by atoms with Crippen molar-refractivity contribution in [1.82, 2.24) is 20.3 Å². The van der Waals surface area contributed by atoms with Gasteiger partial charge in [-0.25, -0.2) is 14.8 Å². The second-order valence-electron chi connectivity index (χ2n) is 7.25. The molecule has 2 aromatic carbocycles. The number of aromatic amines is 1. The van der Waals surface area contributed by atoms with E-state index in [1.54, 1.807) is 6.92 Å². The molecule has 2 aromatic heterocycles. The van der Waals surface area contributed by atoms with Gasteiger partial charge in [-0.3, -0.25) is 0 Å². The van der Waals surface area contributed by atoms with Gasteiger partial charge in [0.05, 0.1) is 12.2 Å². The summed E-state index contributed by atoms with van der Waals surface area (Å²) >= 11 is 0. The maximum Gasteiger partial charge on any atom is 0.401 e. The van der Waals surface area contributed by atoms with Gasteiger partial charge in [-0.15, -0.1) is 0 Å². The molecule has 4 aromatic rings. The lowest BCUT2D eigenvalue weighted by Crippen LogP contribution is -2.30. The fourth-order valence-electron chi connectivity index (χ4n) is 3.23. The number of para-hydroxylation sites is 1. The van der Waals surface area contributed by atoms with Gasteiger partial charge in [0.15, 0.2) is 0 Å². The van der Waals surface area contributed by atoms with Gasteiger partial charge in [-0.2, -0.15) is 13.2 Å². The van der Waals surface area contributed by atoms with E-state index < -0.39 is 18.7 Å². The van der Waals surface area contributed by atoms with Crippen molar-refractivity contribution < 1.29 is 23.1 Å². The first kappa shape index (κ1) is 23.9. The van der Waals surface area contributed by atoms with E-state index in [1.807, 2.05) is 60.8 Å². The Bertz CT molecular complexity index is 1210. The average molecular weight is 456 g/mol. The number of aromatic carboxylic acids is 1. The number of nitrogens with one attached hydrogen (secondary N) is 2. The van der Waals surface area contributed by atoms with Crippen LogP contribution >= 0.6 is 0 Å². The molecule has 0 atom stereocenters. The highest BCUT2D eigenvalue weighted by atomic mass is 19.4. The molecule has 33 heavy (non-hydrogen) atoms. The third-order valence-electron chi connectivity index (χ3n) is 4.76. The summed E-state index contributed by atoms with van der Waals surface area (Å²) in [4.78, 5) is 22.2. The lowest BCUT2D eigenvalue weighted by atomic mass is 10.1. The van der Waals surface area contributed by atoms with Crippen molar-refractivity contribution in [3.63, 3.8) is 0 Å². The van der Waals surface area contributed by atoms with E-state index in [0.29, 0.717) is 24.5 Å². The molecule has 4 rings (SSSR count). The van der Waals surface area contributed by atoms with Crippen LogP contribution in [-0.4, -0.2) is 45.3 Å². The van der Waals surface area contributed by atoms with Gasteiger partial charge in [-0.05, 0) is 31.5 Å². The molecule has 0 saturated carbocycles. The maximum absolute atomic E-state index is 11.9. The number of fused-ring (bicyclic) bond motifs is 1. The van der Waals surface area contributed by atoms with E-state index >= 15 is 0 Å². The Kier molecular flexibility index (Phi) is 7.78. The topological polar surface area (TPSA) is 90.9 Å². The predicted octanol–water partition coefficient (Wildman–Crippen LogP) is 5.01. The zero-order valence-corrected chi connectivity index (χ0v) is 17.9. The molecule has 2 heterocycles. The number of hydrogen-bond donors (Lipinski definition) is 3. The minimum atomic E-state index is -4.14. The minimum absolute atomic E-state index is 0.122. The van der Waals surface area contributed by atoms with Crippen LogP contribution in [0.2, 0.25) is 0 Å². The number of hydrogen-bond acceptors (Lipinski definition) is 4. The fraction of sp³-hybridized carbons (Fsp3) is 0.208. The number of carboxylic acid groups (broad SMARTS) is 1. The first-order valence-electron chi connectivity index (χ1n) is 10.2. The van der Waals surface area contributed by atoms with Gasteiger partial charge in [0.25, 0.3) is 0 Å². The number of alkyl halides is 3. The third kappa shape index (κ3) is 6.88. The summed E-state index contributed by atoms with van der Waals surface area (Å²) < 4.78 is 35.7. The molecule has 0 fully saturated rings. The van der Waals surface area contributed by atoms with Gasteiger partial charge < -0.3 is 15.4 Å². The van der Waals surface area contributed by atoms with Crippen LogP contribution in [0.25, 0.3) is 22.2 Å². The highest BCUT2D eigenvalue weighted by Crippen LogP contribution is 2.21. The number of aryl methyl sites for hydroxylation is 1. The van der Waals surface area contributed by atoms with E-state index in [-0.39, 0.29) is 5.56 Å². The van der Waals surface area contributed by atoms with Crippen LogP contribution in [0.5, 0.6) is 0 Å². The molecule has 0 unspecified atom stereocenters. The summed E-state index contributed by atoms with van der Waals surface area (Å²) in [5.41, 5.74) is 3.41. The molecule has 0 aliphatic heterocycles. The number of halogens is 3. The molecule has 0 saturated heterocycles. The van der Waals surface area contributed by atoms with Gasteiger partial charge in [0, 0.05) is 28.9 Å². The number of benzene rings is 2. The highest BCUT2D eigenvalue weighted by molar-refractivity contribution is 5.94. The summed E-state index contributed by atoms with van der Waals surface area (Å²) in [6, 6.07) is 17.0. The van der Waals surface area contributed by atoms with Crippen LogP contribution < -0.4 is 5.32 Å². The largest absolute Gasteiger partial charge is 0.478 e. The van der Waals surface area contributed by atoms with Crippen molar-refractivity contribution in [2.75, 3.05) is 13.1 Å². The molecule has 172 valence electrons. The minimum Gasteiger partial charge on any atom is -0.478 e. The van der Waals surface area contributed by atoms with Crippen molar-refractivity contribution in [2.24, 2.45) is 0 Å². The Labute approximate surface area is 188 Å². The molecular formula is C24H23F3N4O2. The average Bonchev–Trinajstić information content (AvgIpc) is 3.20. The van der Waals surface area contributed by atoms with Gasteiger partial charge in [0.2, 0.25) is 0 Å². The lowest BCUT2D eigenvalue weighted by Gasteiger charge is -2.07. The predicted molar refractivity (Wildman–Crippen MR) is 120 cm³/mol. The molecule has 3 N–H and O–H groups in total. The van der Waals surface area contributed by atoms with Crippen molar-refractivity contribution in [3.05, 3.63) is 83.9 Å². The SMILES string of the molecule is Cc1ncc(C(=O)O)c(-c2ccccc2)n1.FC(F)(F)CNCCc1c[nH]c2ccccc12. The highest BCUT2D eigenvalue weighted by Gasteiger charge is 2.25.